The molecule has 0 radical (unpaired) electrons. The van der Waals surface area contributed by atoms with E-state index < -0.39 is 5.91 Å². The number of carbonyl (C=O) groups is 3. The van der Waals surface area contributed by atoms with Gasteiger partial charge in [-0.15, -0.1) is 0 Å². The van der Waals surface area contributed by atoms with Crippen LogP contribution in [0.15, 0.2) is 49.3 Å². The largest absolute Gasteiger partial charge is 0.357 e. The van der Waals surface area contributed by atoms with Gasteiger partial charge >= 0.3 is 0 Å². The van der Waals surface area contributed by atoms with Gasteiger partial charge in [0.1, 0.15) is 5.82 Å². The van der Waals surface area contributed by atoms with Gasteiger partial charge in [0.25, 0.3) is 11.8 Å². The Morgan fingerprint density at radius 3 is 2.76 bits per heavy atom. The van der Waals surface area contributed by atoms with E-state index in [1.54, 1.807) is 25.3 Å². The summed E-state index contributed by atoms with van der Waals surface area (Å²) < 4.78 is 0. The second-order valence-electron chi connectivity index (χ2n) is 9.15. The Balaban J connectivity index is 0.00000320. The van der Waals surface area contributed by atoms with Gasteiger partial charge in [-0.25, -0.2) is 4.98 Å². The van der Waals surface area contributed by atoms with Crippen LogP contribution in [0.5, 0.6) is 0 Å². The topological polar surface area (TPSA) is 141 Å². The number of nitrogens with one attached hydrogen (secondary N) is 5. The molecule has 0 saturated carbocycles. The van der Waals surface area contributed by atoms with Gasteiger partial charge in [-0.3, -0.25) is 19.4 Å². The third kappa shape index (κ3) is 5.01. The van der Waals surface area contributed by atoms with E-state index in [1.165, 1.54) is 6.20 Å². The average Bonchev–Trinajstić information content (AvgIpc) is 3.36. The Kier molecular flexibility index (Phi) is 7.21. The second-order valence-corrected chi connectivity index (χ2v) is 9.15. The number of H-pyrrole nitrogens is 1. The number of amides is 3. The Morgan fingerprint density at radius 2 is 2.00 bits per heavy atom. The molecule has 0 aliphatic carbocycles. The summed E-state index contributed by atoms with van der Waals surface area (Å²) in [6.07, 6.45) is 6.22. The molecule has 5 heterocycles. The van der Waals surface area contributed by atoms with Crippen LogP contribution >= 0.6 is 0 Å². The lowest BCUT2D eigenvalue weighted by Gasteiger charge is -2.40. The quantitative estimate of drug-likeness (QED) is 0.340. The molecule has 5 N–H and O–H groups in total. The first-order valence-corrected chi connectivity index (χ1v) is 11.8. The maximum atomic E-state index is 12.9. The summed E-state index contributed by atoms with van der Waals surface area (Å²) in [4.78, 5) is 49.1. The summed E-state index contributed by atoms with van der Waals surface area (Å²) in [6.45, 7) is 7.55. The number of pyridine rings is 2. The van der Waals surface area contributed by atoms with E-state index in [0.717, 1.165) is 49.0 Å². The van der Waals surface area contributed by atoms with Crippen molar-refractivity contribution in [2.75, 3.05) is 30.3 Å². The van der Waals surface area contributed by atoms with Crippen molar-refractivity contribution in [3.05, 3.63) is 71.8 Å². The molecule has 192 valence electrons. The molecule has 2 aliphatic heterocycles. The monoisotopic (exact) mass is 501 g/mol. The molecular weight excluding hydrogens is 470 g/mol. The van der Waals surface area contributed by atoms with Crippen LogP contribution in [0, 0.1) is 6.92 Å². The zero-order valence-electron chi connectivity index (χ0n) is 19.9. The normalized spacial score (nSPS) is 18.2. The SMILES string of the molecule is C.C=CC(=O)Nc1cc(C(=O)Nc2cc(-c3cc4c([nH]3)C3(CCCNC3)CNC4=O)ccn2)cnc1C. The summed E-state index contributed by atoms with van der Waals surface area (Å²) >= 11 is 0. The summed E-state index contributed by atoms with van der Waals surface area (Å²) in [5.41, 5.74) is 4.31. The lowest BCUT2D eigenvalue weighted by atomic mass is 9.74. The molecule has 5 rings (SSSR count). The number of carbonyl (C=O) groups excluding carboxylic acids is 3. The van der Waals surface area contributed by atoms with Crippen LogP contribution < -0.4 is 21.3 Å². The van der Waals surface area contributed by atoms with Gasteiger partial charge in [-0.1, -0.05) is 14.0 Å². The minimum atomic E-state index is -0.418. The fourth-order valence-corrected chi connectivity index (χ4v) is 4.80. The molecule has 3 aromatic rings. The number of rotatable bonds is 5. The van der Waals surface area contributed by atoms with Crippen LogP contribution in [0.25, 0.3) is 11.3 Å². The number of aromatic amines is 1. The van der Waals surface area contributed by atoms with Gasteiger partial charge in [-0.2, -0.15) is 0 Å². The van der Waals surface area contributed by atoms with E-state index in [4.69, 9.17) is 0 Å². The third-order valence-corrected chi connectivity index (χ3v) is 6.76. The van der Waals surface area contributed by atoms with E-state index in [0.29, 0.717) is 29.3 Å². The highest BCUT2D eigenvalue weighted by atomic mass is 16.2. The van der Waals surface area contributed by atoms with Crippen molar-refractivity contribution in [1.29, 1.82) is 0 Å². The van der Waals surface area contributed by atoms with E-state index in [1.807, 2.05) is 12.1 Å². The molecule has 0 aromatic carbocycles. The Bertz CT molecular complexity index is 1370. The summed E-state index contributed by atoms with van der Waals surface area (Å²) in [5, 5.41) is 11.9. The molecule has 1 atom stereocenters. The Labute approximate surface area is 215 Å². The number of anilines is 2. The smallest absolute Gasteiger partial charge is 0.258 e. The predicted octanol–water partition coefficient (Wildman–Crippen LogP) is 3.16. The molecule has 1 fully saturated rings. The molecule has 1 spiro atoms. The highest BCUT2D eigenvalue weighted by molar-refractivity contribution is 6.06. The highest BCUT2D eigenvalue weighted by Gasteiger charge is 2.42. The van der Waals surface area contributed by atoms with Gasteiger partial charge < -0.3 is 26.3 Å². The number of hydrogen-bond acceptors (Lipinski definition) is 6. The van der Waals surface area contributed by atoms with Crippen molar-refractivity contribution in [3.8, 4) is 11.3 Å². The zero-order chi connectivity index (χ0) is 25.3. The van der Waals surface area contributed by atoms with Crippen LogP contribution in [-0.2, 0) is 10.2 Å². The van der Waals surface area contributed by atoms with Crippen LogP contribution in [0.2, 0.25) is 0 Å². The first kappa shape index (κ1) is 25.8. The predicted molar refractivity (Wildman–Crippen MR) is 143 cm³/mol. The Hall–Kier alpha value is -4.31. The fraction of sp³-hybridized carbons (Fsp3) is 0.296. The van der Waals surface area contributed by atoms with Crippen LogP contribution in [0.4, 0.5) is 11.5 Å². The van der Waals surface area contributed by atoms with Gasteiger partial charge in [-0.05, 0) is 56.7 Å². The van der Waals surface area contributed by atoms with Crippen LogP contribution in [-0.4, -0.2) is 52.3 Å². The zero-order valence-corrected chi connectivity index (χ0v) is 19.9. The first-order valence-electron chi connectivity index (χ1n) is 11.8. The summed E-state index contributed by atoms with van der Waals surface area (Å²) in [6, 6.07) is 6.99. The second kappa shape index (κ2) is 10.4. The Morgan fingerprint density at radius 1 is 1.16 bits per heavy atom. The van der Waals surface area contributed by atoms with Gasteiger partial charge in [0, 0.05) is 47.8 Å². The lowest BCUT2D eigenvalue weighted by Crippen LogP contribution is -2.54. The van der Waals surface area contributed by atoms with E-state index in [9.17, 15) is 14.4 Å². The van der Waals surface area contributed by atoms with Crippen LogP contribution in [0.1, 0.15) is 52.4 Å². The molecule has 10 nitrogen and oxygen atoms in total. The minimum Gasteiger partial charge on any atom is -0.357 e. The molecule has 37 heavy (non-hydrogen) atoms. The number of aryl methyl sites for hydroxylation is 1. The number of piperidine rings is 1. The number of nitrogens with zero attached hydrogens (tertiary/aromatic N) is 2. The van der Waals surface area contributed by atoms with Crippen molar-refractivity contribution < 1.29 is 14.4 Å². The highest BCUT2D eigenvalue weighted by Crippen LogP contribution is 2.37. The molecule has 3 amide bonds. The maximum absolute atomic E-state index is 12.9. The summed E-state index contributed by atoms with van der Waals surface area (Å²) in [5.74, 6) is -0.545. The molecule has 3 aromatic heterocycles. The number of aromatic nitrogens is 3. The van der Waals surface area contributed by atoms with Gasteiger partial charge in [0.2, 0.25) is 5.91 Å². The standard InChI is InChI=1S/C26H27N7O3.CH4/c1-3-22(34)31-19-9-17(12-29-15(19)2)24(35)33-21-10-16(5-8-28-21)20-11-18-23(32-20)26(14-30-25(18)36)6-4-7-27-13-26;/h3,5,8-12,27,32H,1,4,6-7,13-14H2,2H3,(H,30,36)(H,31,34)(H,28,33,35);1H4. The first-order chi connectivity index (χ1) is 17.4. The molecule has 10 heteroatoms. The molecule has 0 bridgehead atoms. The number of hydrogen-bond donors (Lipinski definition) is 5. The van der Waals surface area contributed by atoms with Crippen molar-refractivity contribution in [2.24, 2.45) is 0 Å². The van der Waals surface area contributed by atoms with E-state index >= 15 is 0 Å². The van der Waals surface area contributed by atoms with E-state index in [-0.39, 0.29) is 30.2 Å². The fourth-order valence-electron chi connectivity index (χ4n) is 4.80. The molecule has 1 unspecified atom stereocenters. The van der Waals surface area contributed by atoms with Crippen molar-refractivity contribution in [3.63, 3.8) is 0 Å². The van der Waals surface area contributed by atoms with Crippen molar-refractivity contribution >= 4 is 29.2 Å². The minimum absolute atomic E-state index is 0. The number of fused-ring (bicyclic) bond motifs is 2. The summed E-state index contributed by atoms with van der Waals surface area (Å²) in [7, 11) is 0. The van der Waals surface area contributed by atoms with Gasteiger partial charge in [0.05, 0.1) is 22.5 Å². The lowest BCUT2D eigenvalue weighted by molar-refractivity contribution is -0.111. The van der Waals surface area contributed by atoms with Crippen molar-refractivity contribution in [2.45, 2.75) is 32.6 Å². The van der Waals surface area contributed by atoms with Crippen molar-refractivity contribution in [1.82, 2.24) is 25.6 Å². The third-order valence-electron chi connectivity index (χ3n) is 6.76. The molecule has 1 saturated heterocycles. The average molecular weight is 502 g/mol. The maximum Gasteiger partial charge on any atom is 0.258 e. The molecule has 2 aliphatic rings. The van der Waals surface area contributed by atoms with Crippen LogP contribution in [0.3, 0.4) is 0 Å². The molecular formula is C27H31N7O3. The van der Waals surface area contributed by atoms with Gasteiger partial charge in [0.15, 0.2) is 0 Å². The van der Waals surface area contributed by atoms with E-state index in [2.05, 4.69) is 42.8 Å².